The molecule has 1 saturated heterocycles. The van der Waals surface area contributed by atoms with Gasteiger partial charge in [-0.3, -0.25) is 9.69 Å². The number of carbonyl (C=O) groups excluding carboxylic acids is 1. The Morgan fingerprint density at radius 3 is 3.00 bits per heavy atom. The Hall–Kier alpha value is -2.67. The number of nitrogens with zero attached hydrogens (tertiary/aromatic N) is 3. The van der Waals surface area contributed by atoms with Crippen molar-refractivity contribution in [1.29, 1.82) is 0 Å². The van der Waals surface area contributed by atoms with E-state index < -0.39 is 5.66 Å². The van der Waals surface area contributed by atoms with Gasteiger partial charge < -0.3 is 10.6 Å². The monoisotopic (exact) mass is 381 g/mol. The Balaban J connectivity index is 1.43. The minimum absolute atomic E-state index is 0.0861. The molecule has 6 nitrogen and oxygen atoms in total. The second kappa shape index (κ2) is 6.44. The number of hydrogen-bond donors (Lipinski definition) is 2. The number of aromatic nitrogens is 2. The van der Waals surface area contributed by atoms with Crippen molar-refractivity contribution in [2.45, 2.75) is 50.4 Å². The predicted molar refractivity (Wildman–Crippen MR) is 105 cm³/mol. The molecule has 0 spiro atoms. The highest BCUT2D eigenvalue weighted by molar-refractivity contribution is 5.99. The Kier molecular flexibility index (Phi) is 4.01. The molecule has 1 aromatic carbocycles. The highest BCUT2D eigenvalue weighted by atomic mass is 19.1. The van der Waals surface area contributed by atoms with Crippen molar-refractivity contribution >= 4 is 17.9 Å². The summed E-state index contributed by atoms with van der Waals surface area (Å²) in [7, 11) is 0. The maximum absolute atomic E-state index is 13.8. The number of amides is 1. The lowest BCUT2D eigenvalue weighted by Crippen LogP contribution is -2.52. The first-order chi connectivity index (χ1) is 13.5. The van der Waals surface area contributed by atoms with Gasteiger partial charge in [-0.25, -0.2) is 9.07 Å². The SMILES string of the molecule is CC1(N2CCC[C@@H]2c2cccc(F)c2)C=Cn2ncc(C(=O)NC3CC3)c2N1. The molecule has 3 aliphatic rings. The van der Waals surface area contributed by atoms with Gasteiger partial charge in [-0.1, -0.05) is 12.1 Å². The number of halogens is 1. The zero-order chi connectivity index (χ0) is 19.3. The van der Waals surface area contributed by atoms with Gasteiger partial charge in [0.2, 0.25) is 0 Å². The van der Waals surface area contributed by atoms with Crippen molar-refractivity contribution in [2.75, 3.05) is 11.9 Å². The summed E-state index contributed by atoms with van der Waals surface area (Å²) in [6, 6.07) is 7.27. The lowest BCUT2D eigenvalue weighted by atomic mass is 10.0. The molecule has 1 amide bonds. The Morgan fingerprint density at radius 1 is 1.36 bits per heavy atom. The van der Waals surface area contributed by atoms with Crippen LogP contribution in [0.25, 0.3) is 6.20 Å². The molecular weight excluding hydrogens is 357 g/mol. The molecule has 2 aliphatic heterocycles. The molecule has 7 heteroatoms. The minimum Gasteiger partial charge on any atom is -0.349 e. The summed E-state index contributed by atoms with van der Waals surface area (Å²) in [6.07, 6.45) is 9.69. The van der Waals surface area contributed by atoms with Crippen LogP contribution in [0.2, 0.25) is 0 Å². The van der Waals surface area contributed by atoms with E-state index in [-0.39, 0.29) is 17.8 Å². The fourth-order valence-corrected chi connectivity index (χ4v) is 4.30. The van der Waals surface area contributed by atoms with Crippen molar-refractivity contribution < 1.29 is 9.18 Å². The van der Waals surface area contributed by atoms with Crippen molar-refractivity contribution in [3.8, 4) is 0 Å². The number of rotatable bonds is 4. The summed E-state index contributed by atoms with van der Waals surface area (Å²) in [6.45, 7) is 2.99. The number of nitrogens with one attached hydrogen (secondary N) is 2. The first-order valence-corrected chi connectivity index (χ1v) is 9.92. The highest BCUT2D eigenvalue weighted by Crippen LogP contribution is 2.40. The van der Waals surface area contributed by atoms with Crippen LogP contribution in [-0.4, -0.2) is 38.8 Å². The summed E-state index contributed by atoms with van der Waals surface area (Å²) >= 11 is 0. The number of hydrogen-bond acceptors (Lipinski definition) is 4. The van der Waals surface area contributed by atoms with Crippen LogP contribution in [0.15, 0.2) is 36.5 Å². The fraction of sp³-hybridized carbons (Fsp3) is 0.429. The number of fused-ring (bicyclic) bond motifs is 1. The molecule has 0 bridgehead atoms. The van der Waals surface area contributed by atoms with E-state index in [0.29, 0.717) is 17.4 Å². The molecule has 3 heterocycles. The Morgan fingerprint density at radius 2 is 2.21 bits per heavy atom. The molecule has 0 radical (unpaired) electrons. The molecular formula is C21H24FN5O. The largest absolute Gasteiger partial charge is 0.349 e. The number of carbonyl (C=O) groups is 1. The van der Waals surface area contributed by atoms with Gasteiger partial charge in [0.1, 0.15) is 22.9 Å². The van der Waals surface area contributed by atoms with Crippen molar-refractivity contribution in [2.24, 2.45) is 0 Å². The standard InChI is InChI=1S/C21H24FN5O/c1-21(26-10-3-6-18(26)14-4-2-5-15(22)12-14)9-11-27-19(25-21)17(13-23-27)20(28)24-16-7-8-16/h2,4-5,9,11-13,16,18,25H,3,6-8,10H2,1H3,(H,24,28)/t18-,21?/m1/s1. The third kappa shape index (κ3) is 2.99. The topological polar surface area (TPSA) is 62.2 Å². The zero-order valence-corrected chi connectivity index (χ0v) is 15.9. The second-order valence-corrected chi connectivity index (χ2v) is 8.09. The van der Waals surface area contributed by atoms with E-state index in [2.05, 4.69) is 33.6 Å². The van der Waals surface area contributed by atoms with Gasteiger partial charge in [-0.2, -0.15) is 5.10 Å². The number of anilines is 1. The van der Waals surface area contributed by atoms with Gasteiger partial charge in [-0.05, 0) is 56.4 Å². The van der Waals surface area contributed by atoms with Gasteiger partial charge in [0.15, 0.2) is 0 Å². The number of likely N-dealkylation sites (tertiary alicyclic amines) is 1. The van der Waals surface area contributed by atoms with Crippen LogP contribution in [0.5, 0.6) is 0 Å². The molecule has 2 atom stereocenters. The summed E-state index contributed by atoms with van der Waals surface area (Å²) < 4.78 is 15.5. The van der Waals surface area contributed by atoms with Crippen LogP contribution < -0.4 is 10.6 Å². The summed E-state index contributed by atoms with van der Waals surface area (Å²) in [5, 5.41) is 10.9. The molecule has 146 valence electrons. The van der Waals surface area contributed by atoms with E-state index in [0.717, 1.165) is 37.8 Å². The summed E-state index contributed by atoms with van der Waals surface area (Å²) in [5.41, 5.74) is 1.06. The van der Waals surface area contributed by atoms with Crippen LogP contribution in [0, 0.1) is 5.82 Å². The van der Waals surface area contributed by atoms with E-state index >= 15 is 0 Å². The first-order valence-electron chi connectivity index (χ1n) is 9.92. The van der Waals surface area contributed by atoms with E-state index in [4.69, 9.17) is 0 Å². The molecule has 1 aliphatic carbocycles. The van der Waals surface area contributed by atoms with Crippen LogP contribution in [0.3, 0.4) is 0 Å². The van der Waals surface area contributed by atoms with Gasteiger partial charge in [0.05, 0.1) is 6.20 Å². The molecule has 2 fully saturated rings. The molecule has 1 saturated carbocycles. The second-order valence-electron chi connectivity index (χ2n) is 8.09. The molecule has 5 rings (SSSR count). The average molecular weight is 381 g/mol. The number of benzene rings is 1. The fourth-order valence-electron chi connectivity index (χ4n) is 4.30. The maximum atomic E-state index is 13.8. The zero-order valence-electron chi connectivity index (χ0n) is 15.9. The average Bonchev–Trinajstić information content (AvgIpc) is 3.19. The minimum atomic E-state index is -0.488. The summed E-state index contributed by atoms with van der Waals surface area (Å²) in [4.78, 5) is 14.9. The van der Waals surface area contributed by atoms with Crippen LogP contribution in [-0.2, 0) is 0 Å². The van der Waals surface area contributed by atoms with Crippen LogP contribution in [0.4, 0.5) is 10.2 Å². The predicted octanol–water partition coefficient (Wildman–Crippen LogP) is 3.36. The third-order valence-electron chi connectivity index (χ3n) is 5.95. The molecule has 1 unspecified atom stereocenters. The van der Waals surface area contributed by atoms with Crippen molar-refractivity contribution in [3.63, 3.8) is 0 Å². The first kappa shape index (κ1) is 17.4. The molecule has 2 N–H and O–H groups in total. The smallest absolute Gasteiger partial charge is 0.256 e. The quantitative estimate of drug-likeness (QED) is 0.853. The van der Waals surface area contributed by atoms with Crippen molar-refractivity contribution in [1.82, 2.24) is 20.0 Å². The van der Waals surface area contributed by atoms with Gasteiger partial charge in [-0.15, -0.1) is 0 Å². The Bertz CT molecular complexity index is 950. The van der Waals surface area contributed by atoms with Crippen LogP contribution in [0.1, 0.15) is 54.6 Å². The van der Waals surface area contributed by atoms with Gasteiger partial charge in [0, 0.05) is 24.8 Å². The maximum Gasteiger partial charge on any atom is 0.256 e. The lowest BCUT2D eigenvalue weighted by Gasteiger charge is -2.43. The highest BCUT2D eigenvalue weighted by Gasteiger charge is 2.41. The van der Waals surface area contributed by atoms with E-state index in [9.17, 15) is 9.18 Å². The van der Waals surface area contributed by atoms with Crippen LogP contribution >= 0.6 is 0 Å². The molecule has 1 aromatic heterocycles. The van der Waals surface area contributed by atoms with E-state index in [1.165, 1.54) is 6.07 Å². The molecule has 2 aromatic rings. The lowest BCUT2D eigenvalue weighted by molar-refractivity contribution is 0.0951. The molecule has 28 heavy (non-hydrogen) atoms. The van der Waals surface area contributed by atoms with Gasteiger partial charge >= 0.3 is 0 Å². The van der Waals surface area contributed by atoms with E-state index in [1.54, 1.807) is 23.0 Å². The van der Waals surface area contributed by atoms with E-state index in [1.807, 2.05) is 12.3 Å². The third-order valence-corrected chi connectivity index (χ3v) is 5.95. The normalized spacial score (nSPS) is 26.7. The Labute approximate surface area is 163 Å². The van der Waals surface area contributed by atoms with Crippen molar-refractivity contribution in [3.05, 3.63) is 53.5 Å². The summed E-state index contributed by atoms with van der Waals surface area (Å²) in [5.74, 6) is 0.406. The van der Waals surface area contributed by atoms with Gasteiger partial charge in [0.25, 0.3) is 5.91 Å².